The van der Waals surface area contributed by atoms with Gasteiger partial charge in [0.2, 0.25) is 5.89 Å². The Kier molecular flexibility index (Phi) is 5.89. The van der Waals surface area contributed by atoms with Gasteiger partial charge in [-0.2, -0.15) is 4.39 Å². The zero-order valence-electron chi connectivity index (χ0n) is 18.2. The van der Waals surface area contributed by atoms with Crippen LogP contribution in [0.15, 0.2) is 71.6 Å². The van der Waals surface area contributed by atoms with Crippen molar-refractivity contribution in [3.05, 3.63) is 84.0 Å². The molecule has 1 N–H and O–H groups in total. The smallest absolute Gasteiger partial charge is 0.284 e. The standard InChI is InChI=1S/C25H24FN5O2/c1-17-14-20(10-9-18(17)6-4-5-12-31-13-11-27-30-31)33-24(26)23-16-32-25(29-23)22-15-19-7-2-3-8-21(19)28-22/h2-3,7-11,13-16,24,28H,4-6,12H2,1H3. The molecule has 1 atom stereocenters. The Morgan fingerprint density at radius 2 is 2.06 bits per heavy atom. The predicted octanol–water partition coefficient (Wildman–Crippen LogP) is 5.79. The fourth-order valence-corrected chi connectivity index (χ4v) is 3.85. The van der Waals surface area contributed by atoms with Crippen molar-refractivity contribution in [2.45, 2.75) is 39.1 Å². The van der Waals surface area contributed by atoms with Crippen molar-refractivity contribution in [3.8, 4) is 17.3 Å². The fourth-order valence-electron chi connectivity index (χ4n) is 3.85. The first-order chi connectivity index (χ1) is 16.2. The number of H-pyrrole nitrogens is 1. The summed E-state index contributed by atoms with van der Waals surface area (Å²) in [6, 6.07) is 15.4. The zero-order chi connectivity index (χ0) is 22.6. The van der Waals surface area contributed by atoms with Gasteiger partial charge in [-0.1, -0.05) is 29.5 Å². The minimum absolute atomic E-state index is 0.0958. The summed E-state index contributed by atoms with van der Waals surface area (Å²) in [5.41, 5.74) is 4.05. The maximum atomic E-state index is 14.8. The molecule has 0 spiro atoms. The second-order valence-electron chi connectivity index (χ2n) is 7.99. The minimum atomic E-state index is -1.72. The summed E-state index contributed by atoms with van der Waals surface area (Å²) in [6.45, 7) is 2.86. The lowest BCUT2D eigenvalue weighted by molar-refractivity contribution is 0.0629. The van der Waals surface area contributed by atoms with Crippen LogP contribution in [0.5, 0.6) is 5.75 Å². The van der Waals surface area contributed by atoms with Crippen molar-refractivity contribution >= 4 is 10.9 Å². The number of hydrogen-bond donors (Lipinski definition) is 1. The maximum Gasteiger partial charge on any atom is 0.284 e. The molecule has 0 amide bonds. The largest absolute Gasteiger partial charge is 0.454 e. The lowest BCUT2D eigenvalue weighted by atomic mass is 10.0. The fraction of sp³-hybridized carbons (Fsp3) is 0.240. The first kappa shape index (κ1) is 20.9. The third-order valence-electron chi connectivity index (χ3n) is 5.62. The summed E-state index contributed by atoms with van der Waals surface area (Å²) in [5.74, 6) is 0.784. The number of halogens is 1. The van der Waals surface area contributed by atoms with Gasteiger partial charge >= 0.3 is 0 Å². The lowest BCUT2D eigenvalue weighted by Gasteiger charge is -2.12. The van der Waals surface area contributed by atoms with Gasteiger partial charge in [-0.3, -0.25) is 4.68 Å². The van der Waals surface area contributed by atoms with E-state index >= 15 is 0 Å². The van der Waals surface area contributed by atoms with Gasteiger partial charge in [-0.05, 0) is 61.6 Å². The Morgan fingerprint density at radius 3 is 2.88 bits per heavy atom. The number of aromatic amines is 1. The Labute approximate surface area is 190 Å². The van der Waals surface area contributed by atoms with E-state index in [4.69, 9.17) is 9.15 Å². The SMILES string of the molecule is Cc1cc(OC(F)c2coc(-c3cc4ccccc4[nH]3)n2)ccc1CCCCn1ccnn1. The summed E-state index contributed by atoms with van der Waals surface area (Å²) < 4.78 is 27.6. The molecule has 8 heteroatoms. The van der Waals surface area contributed by atoms with Crippen molar-refractivity contribution < 1.29 is 13.5 Å². The van der Waals surface area contributed by atoms with E-state index in [0.717, 1.165) is 42.3 Å². The van der Waals surface area contributed by atoms with Crippen molar-refractivity contribution in [3.63, 3.8) is 0 Å². The molecule has 33 heavy (non-hydrogen) atoms. The van der Waals surface area contributed by atoms with Gasteiger partial charge < -0.3 is 14.1 Å². The molecule has 3 heterocycles. The first-order valence-electron chi connectivity index (χ1n) is 10.9. The number of nitrogens with zero attached hydrogens (tertiary/aromatic N) is 4. The molecular formula is C25H24FN5O2. The number of nitrogens with one attached hydrogen (secondary N) is 1. The van der Waals surface area contributed by atoms with Crippen molar-refractivity contribution in [2.75, 3.05) is 0 Å². The lowest BCUT2D eigenvalue weighted by Crippen LogP contribution is -2.03. The predicted molar refractivity (Wildman–Crippen MR) is 122 cm³/mol. The van der Waals surface area contributed by atoms with Crippen LogP contribution in [0.4, 0.5) is 4.39 Å². The maximum absolute atomic E-state index is 14.8. The van der Waals surface area contributed by atoms with Crippen LogP contribution in [0.3, 0.4) is 0 Å². The number of unbranched alkanes of at least 4 members (excludes halogenated alkanes) is 1. The second-order valence-corrected chi connectivity index (χ2v) is 7.99. The average molecular weight is 445 g/mol. The van der Waals surface area contributed by atoms with Gasteiger partial charge in [0.05, 0.1) is 6.20 Å². The summed E-state index contributed by atoms with van der Waals surface area (Å²) >= 11 is 0. The van der Waals surface area contributed by atoms with E-state index in [1.54, 1.807) is 12.3 Å². The van der Waals surface area contributed by atoms with Crippen LogP contribution in [-0.2, 0) is 13.0 Å². The van der Waals surface area contributed by atoms with E-state index in [9.17, 15) is 4.39 Å². The molecule has 1 unspecified atom stereocenters. The molecule has 168 valence electrons. The second kappa shape index (κ2) is 9.28. The average Bonchev–Trinajstić information content (AvgIpc) is 3.58. The van der Waals surface area contributed by atoms with Crippen LogP contribution in [-0.4, -0.2) is 25.0 Å². The number of alkyl halides is 1. The molecule has 5 aromatic rings. The Balaban J connectivity index is 1.19. The van der Waals surface area contributed by atoms with Crippen LogP contribution in [0, 0.1) is 6.92 Å². The highest BCUT2D eigenvalue weighted by Gasteiger charge is 2.19. The third kappa shape index (κ3) is 4.79. The van der Waals surface area contributed by atoms with Gasteiger partial charge in [0, 0.05) is 23.6 Å². The molecule has 0 aliphatic heterocycles. The first-order valence-corrected chi connectivity index (χ1v) is 10.9. The van der Waals surface area contributed by atoms with E-state index in [1.165, 1.54) is 11.8 Å². The molecule has 5 rings (SSSR count). The number of aryl methyl sites for hydroxylation is 3. The van der Waals surface area contributed by atoms with Crippen molar-refractivity contribution in [1.82, 2.24) is 25.0 Å². The molecular weight excluding hydrogens is 421 g/mol. The van der Waals surface area contributed by atoms with E-state index < -0.39 is 6.36 Å². The van der Waals surface area contributed by atoms with E-state index in [0.29, 0.717) is 17.3 Å². The van der Waals surface area contributed by atoms with Crippen LogP contribution >= 0.6 is 0 Å². The van der Waals surface area contributed by atoms with Crippen molar-refractivity contribution in [1.29, 1.82) is 0 Å². The molecule has 0 aliphatic carbocycles. The normalized spacial score (nSPS) is 12.3. The topological polar surface area (TPSA) is 81.8 Å². The number of benzene rings is 2. The summed E-state index contributed by atoms with van der Waals surface area (Å²) in [4.78, 5) is 7.50. The number of hydrogen-bond acceptors (Lipinski definition) is 5. The summed E-state index contributed by atoms with van der Waals surface area (Å²) in [5, 5.41) is 8.82. The number of rotatable bonds is 9. The van der Waals surface area contributed by atoms with Gasteiger partial charge in [-0.25, -0.2) is 4.98 Å². The van der Waals surface area contributed by atoms with E-state index in [-0.39, 0.29) is 5.69 Å². The number of oxazole rings is 1. The van der Waals surface area contributed by atoms with E-state index in [2.05, 4.69) is 20.3 Å². The van der Waals surface area contributed by atoms with Crippen LogP contribution < -0.4 is 4.74 Å². The summed E-state index contributed by atoms with van der Waals surface area (Å²) in [7, 11) is 0. The van der Waals surface area contributed by atoms with Gasteiger partial charge in [0.15, 0.2) is 5.69 Å². The molecule has 0 saturated carbocycles. The quantitative estimate of drug-likeness (QED) is 0.290. The number of ether oxygens (including phenoxy) is 1. The van der Waals surface area contributed by atoms with Crippen LogP contribution in [0.2, 0.25) is 0 Å². The Morgan fingerprint density at radius 1 is 1.15 bits per heavy atom. The molecule has 0 aliphatic rings. The van der Waals surface area contributed by atoms with Crippen molar-refractivity contribution in [2.24, 2.45) is 0 Å². The Bertz CT molecular complexity index is 1310. The highest BCUT2D eigenvalue weighted by atomic mass is 19.1. The molecule has 7 nitrogen and oxygen atoms in total. The third-order valence-corrected chi connectivity index (χ3v) is 5.62. The number of fused-ring (bicyclic) bond motifs is 1. The minimum Gasteiger partial charge on any atom is -0.454 e. The zero-order valence-corrected chi connectivity index (χ0v) is 18.2. The van der Waals surface area contributed by atoms with Crippen LogP contribution in [0.25, 0.3) is 22.5 Å². The molecule has 2 aromatic carbocycles. The van der Waals surface area contributed by atoms with Gasteiger partial charge in [-0.15, -0.1) is 5.10 Å². The highest BCUT2D eigenvalue weighted by Crippen LogP contribution is 2.29. The molecule has 0 saturated heterocycles. The van der Waals surface area contributed by atoms with E-state index in [1.807, 2.05) is 60.3 Å². The molecule has 3 aromatic heterocycles. The molecule has 0 fully saturated rings. The van der Waals surface area contributed by atoms with Gasteiger partial charge in [0.25, 0.3) is 6.36 Å². The van der Waals surface area contributed by atoms with Crippen LogP contribution in [0.1, 0.15) is 36.0 Å². The number of aromatic nitrogens is 5. The monoisotopic (exact) mass is 445 g/mol. The molecule has 0 bridgehead atoms. The Hall–Kier alpha value is -3.94. The molecule has 0 radical (unpaired) electrons. The van der Waals surface area contributed by atoms with Gasteiger partial charge in [0.1, 0.15) is 17.7 Å². The highest BCUT2D eigenvalue weighted by molar-refractivity contribution is 5.84. The number of para-hydroxylation sites is 1. The summed E-state index contributed by atoms with van der Waals surface area (Å²) in [6.07, 6.45) is 6.10.